The molecule has 3 aromatic rings. The Bertz CT molecular complexity index is 1290. The van der Waals surface area contributed by atoms with Gasteiger partial charge < -0.3 is 15.1 Å². The van der Waals surface area contributed by atoms with Gasteiger partial charge in [0.15, 0.2) is 15.5 Å². The molecule has 0 bridgehead atoms. The molecule has 4 heterocycles. The number of halogens is 3. The number of nitrogens with one attached hydrogen (secondary N) is 1. The average Bonchev–Trinajstić information content (AvgIpc) is 3.56. The van der Waals surface area contributed by atoms with E-state index in [1.165, 1.54) is 0 Å². The van der Waals surface area contributed by atoms with Crippen LogP contribution in [0.3, 0.4) is 0 Å². The van der Waals surface area contributed by atoms with Gasteiger partial charge in [-0.15, -0.1) is 0 Å². The molecule has 2 atom stereocenters. The number of hydrogen-bond donors (Lipinski definition) is 1. The molecule has 5 rings (SSSR count). The highest BCUT2D eigenvalue weighted by Gasteiger charge is 2.41. The predicted molar refractivity (Wildman–Crippen MR) is 126 cm³/mol. The van der Waals surface area contributed by atoms with Gasteiger partial charge in [-0.2, -0.15) is 13.2 Å². The number of likely N-dealkylation sites (tertiary alicyclic amines) is 1. The Morgan fingerprint density at radius 2 is 1.94 bits per heavy atom. The van der Waals surface area contributed by atoms with E-state index in [-0.39, 0.29) is 16.3 Å². The Morgan fingerprint density at radius 1 is 1.17 bits per heavy atom. The molecule has 2 aromatic heterocycles. The lowest BCUT2D eigenvalue weighted by atomic mass is 10.2. The molecular formula is C23H25F3N6O2S. The van der Waals surface area contributed by atoms with Crippen LogP contribution in [0.1, 0.15) is 36.7 Å². The fraction of sp³-hybridized carbons (Fsp3) is 0.478. The van der Waals surface area contributed by atoms with E-state index in [0.29, 0.717) is 44.2 Å². The number of carbonyl (C=O) groups is 1. The minimum Gasteiger partial charge on any atom is -0.350 e. The maximum absolute atomic E-state index is 13.9. The van der Waals surface area contributed by atoms with Crippen LogP contribution >= 0.6 is 11.3 Å². The fourth-order valence-corrected chi connectivity index (χ4v) is 5.84. The summed E-state index contributed by atoms with van der Waals surface area (Å²) in [7, 11) is 1.81. The third-order valence-electron chi connectivity index (χ3n) is 6.55. The highest BCUT2D eigenvalue weighted by molar-refractivity contribution is 7.21. The Labute approximate surface area is 203 Å². The van der Waals surface area contributed by atoms with Gasteiger partial charge in [-0.1, -0.05) is 41.7 Å². The number of thiazole rings is 1. The summed E-state index contributed by atoms with van der Waals surface area (Å²) < 4.78 is 42.4. The fourth-order valence-electron chi connectivity index (χ4n) is 4.83. The first kappa shape index (κ1) is 23.7. The number of likely N-dealkylation sites (N-methyl/N-ethyl adjacent to an activating group) is 1. The van der Waals surface area contributed by atoms with Crippen molar-refractivity contribution in [3.8, 4) is 0 Å². The molecule has 0 spiro atoms. The quantitative estimate of drug-likeness (QED) is 0.573. The molecule has 2 fully saturated rings. The predicted octanol–water partition coefficient (Wildman–Crippen LogP) is 3.03. The number of carbonyl (C=O) groups excluding carboxylic acids is 1. The highest BCUT2D eigenvalue weighted by Crippen LogP contribution is 2.36. The molecule has 0 aliphatic carbocycles. The molecule has 12 heteroatoms. The summed E-state index contributed by atoms with van der Waals surface area (Å²) in [5, 5.41) is 3.27. The first-order valence-electron chi connectivity index (χ1n) is 11.5. The van der Waals surface area contributed by atoms with E-state index in [4.69, 9.17) is 0 Å². The van der Waals surface area contributed by atoms with Crippen LogP contribution in [0.2, 0.25) is 0 Å². The van der Waals surface area contributed by atoms with Crippen LogP contribution in [0.15, 0.2) is 35.1 Å². The van der Waals surface area contributed by atoms with Crippen molar-refractivity contribution in [2.24, 2.45) is 0 Å². The number of amides is 1. The van der Waals surface area contributed by atoms with Crippen molar-refractivity contribution < 1.29 is 18.0 Å². The molecule has 2 saturated heterocycles. The van der Waals surface area contributed by atoms with E-state index in [1.54, 1.807) is 4.90 Å². The molecular weight excluding hydrogens is 481 g/mol. The molecule has 35 heavy (non-hydrogen) atoms. The van der Waals surface area contributed by atoms with Crippen LogP contribution < -0.4 is 15.8 Å². The van der Waals surface area contributed by atoms with Gasteiger partial charge in [0.25, 0.3) is 5.56 Å². The zero-order valence-electron chi connectivity index (χ0n) is 19.1. The minimum atomic E-state index is -4.77. The molecule has 1 amide bonds. The van der Waals surface area contributed by atoms with Crippen molar-refractivity contribution in [1.29, 1.82) is 0 Å². The number of rotatable bonds is 5. The van der Waals surface area contributed by atoms with Crippen molar-refractivity contribution in [2.45, 2.75) is 44.1 Å². The first-order valence-corrected chi connectivity index (χ1v) is 12.3. The second-order valence-corrected chi connectivity index (χ2v) is 9.97. The molecule has 8 nitrogen and oxygen atoms in total. The van der Waals surface area contributed by atoms with Gasteiger partial charge in [0.05, 0.1) is 6.04 Å². The summed E-state index contributed by atoms with van der Waals surface area (Å²) in [6.45, 7) is 1.84. The normalized spacial score (nSPS) is 21.2. The summed E-state index contributed by atoms with van der Waals surface area (Å²) in [6.07, 6.45) is -3.01. The second kappa shape index (κ2) is 9.23. The Kier molecular flexibility index (Phi) is 6.26. The molecule has 186 valence electrons. The number of nitrogens with zero attached hydrogens (tertiary/aromatic N) is 5. The topological polar surface area (TPSA) is 83.4 Å². The number of anilines is 1. The van der Waals surface area contributed by atoms with Gasteiger partial charge in [0.2, 0.25) is 11.7 Å². The van der Waals surface area contributed by atoms with Gasteiger partial charge in [0, 0.05) is 19.6 Å². The smallest absolute Gasteiger partial charge is 0.350 e. The molecule has 1 unspecified atom stereocenters. The molecule has 2 aliphatic rings. The molecule has 2 aliphatic heterocycles. The van der Waals surface area contributed by atoms with Crippen LogP contribution in [-0.4, -0.2) is 58.1 Å². The number of benzene rings is 1. The van der Waals surface area contributed by atoms with Gasteiger partial charge in [-0.3, -0.25) is 14.2 Å². The van der Waals surface area contributed by atoms with Gasteiger partial charge in [0.1, 0.15) is 6.04 Å². The van der Waals surface area contributed by atoms with Crippen LogP contribution in [0, 0.1) is 0 Å². The second-order valence-electron chi connectivity index (χ2n) is 9.02. The van der Waals surface area contributed by atoms with E-state index in [2.05, 4.69) is 15.3 Å². The average molecular weight is 507 g/mol. The SMILES string of the molecule is CN1CC[C@@H](n2c(C(F)(F)F)nc3sc(N4CCCC4C(=O)NCc4ccccc4)nc3c2=O)C1. The third kappa shape index (κ3) is 4.64. The number of fused-ring (bicyclic) bond motifs is 1. The Balaban J connectivity index is 1.46. The van der Waals surface area contributed by atoms with Gasteiger partial charge in [-0.05, 0) is 38.4 Å². The van der Waals surface area contributed by atoms with Crippen molar-refractivity contribution in [3.05, 3.63) is 52.1 Å². The number of aromatic nitrogens is 3. The van der Waals surface area contributed by atoms with E-state index in [9.17, 15) is 22.8 Å². The summed E-state index contributed by atoms with van der Waals surface area (Å²) >= 11 is 0.926. The maximum Gasteiger partial charge on any atom is 0.449 e. The Hall–Kier alpha value is -2.99. The Morgan fingerprint density at radius 3 is 2.63 bits per heavy atom. The lowest BCUT2D eigenvalue weighted by molar-refractivity contribution is -0.148. The largest absolute Gasteiger partial charge is 0.449 e. The molecule has 0 saturated carbocycles. The zero-order valence-corrected chi connectivity index (χ0v) is 19.9. The zero-order chi connectivity index (χ0) is 24.7. The summed E-state index contributed by atoms with van der Waals surface area (Å²) in [4.78, 5) is 38.0. The van der Waals surface area contributed by atoms with Crippen molar-refractivity contribution in [1.82, 2.24) is 24.8 Å². The lowest BCUT2D eigenvalue weighted by Crippen LogP contribution is -2.43. The maximum atomic E-state index is 13.9. The van der Waals surface area contributed by atoms with Crippen LogP contribution in [0.25, 0.3) is 10.3 Å². The van der Waals surface area contributed by atoms with Crippen LogP contribution in [0.5, 0.6) is 0 Å². The molecule has 0 radical (unpaired) electrons. The lowest BCUT2D eigenvalue weighted by Gasteiger charge is -2.23. The van der Waals surface area contributed by atoms with Crippen LogP contribution in [-0.2, 0) is 17.5 Å². The van der Waals surface area contributed by atoms with Crippen molar-refractivity contribution in [2.75, 3.05) is 31.6 Å². The van der Waals surface area contributed by atoms with E-state index in [0.717, 1.165) is 27.9 Å². The number of alkyl halides is 3. The first-order chi connectivity index (χ1) is 16.7. The standard InChI is InChI=1S/C23H25F3N6O2S/c1-30-11-9-15(13-30)32-20(34)17-19(29-21(32)23(24,25)26)35-22(28-17)31-10-5-8-16(31)18(33)27-12-14-6-3-2-4-7-14/h2-4,6-7,15-16H,5,8-13H2,1H3,(H,27,33)/t15-,16?/m1/s1. The third-order valence-corrected chi connectivity index (χ3v) is 7.54. The summed E-state index contributed by atoms with van der Waals surface area (Å²) in [5.74, 6) is -1.37. The van der Waals surface area contributed by atoms with Gasteiger partial charge >= 0.3 is 6.18 Å². The molecule has 1 aromatic carbocycles. The van der Waals surface area contributed by atoms with E-state index < -0.39 is 29.6 Å². The minimum absolute atomic E-state index is 0.0599. The monoisotopic (exact) mass is 506 g/mol. The summed E-state index contributed by atoms with van der Waals surface area (Å²) in [5.41, 5.74) is 0.102. The van der Waals surface area contributed by atoms with Crippen molar-refractivity contribution >= 4 is 32.7 Å². The number of hydrogen-bond acceptors (Lipinski definition) is 7. The van der Waals surface area contributed by atoms with Gasteiger partial charge in [-0.25, -0.2) is 9.97 Å². The molecule has 1 N–H and O–H groups in total. The van der Waals surface area contributed by atoms with E-state index in [1.807, 2.05) is 42.3 Å². The van der Waals surface area contributed by atoms with Crippen molar-refractivity contribution in [3.63, 3.8) is 0 Å². The van der Waals surface area contributed by atoms with Crippen LogP contribution in [0.4, 0.5) is 18.3 Å². The summed E-state index contributed by atoms with van der Waals surface area (Å²) in [6, 6.07) is 8.39. The highest BCUT2D eigenvalue weighted by atomic mass is 32.1. The van der Waals surface area contributed by atoms with E-state index >= 15 is 0 Å².